The van der Waals surface area contributed by atoms with Crippen LogP contribution in [-0.2, 0) is 22.6 Å². The number of fused-ring (bicyclic) bond motifs is 1. The molecule has 178 valence electrons. The number of thiazole rings is 1. The van der Waals surface area contributed by atoms with Crippen molar-refractivity contribution < 1.29 is 33.0 Å². The number of nitrogens with zero attached hydrogens (tertiary/aromatic N) is 2. The minimum atomic E-state index is -1.20. The molecule has 7 nitrogen and oxygen atoms in total. The third kappa shape index (κ3) is 4.97. The topological polar surface area (TPSA) is 89.0 Å². The molecule has 0 unspecified atom stereocenters. The van der Waals surface area contributed by atoms with E-state index >= 15 is 0 Å². The Morgan fingerprint density at radius 2 is 2.06 bits per heavy atom. The Morgan fingerprint density at radius 3 is 2.76 bits per heavy atom. The van der Waals surface area contributed by atoms with E-state index in [2.05, 4.69) is 4.98 Å². The van der Waals surface area contributed by atoms with Gasteiger partial charge in [0.05, 0.1) is 6.04 Å². The van der Waals surface area contributed by atoms with Crippen LogP contribution in [0.3, 0.4) is 0 Å². The van der Waals surface area contributed by atoms with Gasteiger partial charge in [0.25, 0.3) is 0 Å². The minimum Gasteiger partial charge on any atom is -0.482 e. The van der Waals surface area contributed by atoms with Crippen molar-refractivity contribution in [2.24, 2.45) is 0 Å². The second-order valence-corrected chi connectivity index (χ2v) is 8.96. The van der Waals surface area contributed by atoms with E-state index in [0.717, 1.165) is 11.8 Å². The van der Waals surface area contributed by atoms with E-state index in [1.807, 2.05) is 12.3 Å². The summed E-state index contributed by atoms with van der Waals surface area (Å²) in [4.78, 5) is 29.8. The van der Waals surface area contributed by atoms with Crippen molar-refractivity contribution in [3.8, 4) is 5.75 Å². The summed E-state index contributed by atoms with van der Waals surface area (Å²) in [7, 11) is 0. The number of ether oxygens (including phenoxy) is 2. The maximum atomic E-state index is 14.7. The van der Waals surface area contributed by atoms with Crippen LogP contribution in [0.5, 0.6) is 5.75 Å². The molecule has 0 spiro atoms. The van der Waals surface area contributed by atoms with Gasteiger partial charge in [-0.05, 0) is 48.7 Å². The van der Waals surface area contributed by atoms with Crippen LogP contribution >= 0.6 is 22.9 Å². The lowest BCUT2D eigenvalue weighted by molar-refractivity contribution is -0.139. The number of aromatic nitrogens is 1. The van der Waals surface area contributed by atoms with Crippen molar-refractivity contribution in [3.05, 3.63) is 79.8 Å². The highest BCUT2D eigenvalue weighted by molar-refractivity contribution is 7.09. The molecule has 2 aromatic carbocycles. The average Bonchev–Trinajstić information content (AvgIpc) is 3.23. The molecule has 2 heterocycles. The largest absolute Gasteiger partial charge is 0.482 e. The Morgan fingerprint density at radius 1 is 1.26 bits per heavy atom. The van der Waals surface area contributed by atoms with E-state index in [1.165, 1.54) is 40.5 Å². The highest BCUT2D eigenvalue weighted by Gasteiger charge is 2.37. The summed E-state index contributed by atoms with van der Waals surface area (Å²) >= 11 is 7.56. The average molecular weight is 509 g/mol. The fourth-order valence-electron chi connectivity index (χ4n) is 3.86. The Labute approximate surface area is 202 Å². The third-order valence-electron chi connectivity index (χ3n) is 5.28. The molecule has 0 saturated carbocycles. The van der Waals surface area contributed by atoms with Crippen LogP contribution in [0, 0.1) is 18.6 Å². The minimum absolute atomic E-state index is 0.0264. The summed E-state index contributed by atoms with van der Waals surface area (Å²) in [5, 5.41) is 11.8. The van der Waals surface area contributed by atoms with E-state index in [4.69, 9.17) is 26.2 Å². The number of amides is 1. The van der Waals surface area contributed by atoms with Gasteiger partial charge in [-0.25, -0.2) is 23.4 Å². The third-order valence-corrected chi connectivity index (χ3v) is 6.45. The van der Waals surface area contributed by atoms with E-state index in [0.29, 0.717) is 21.2 Å². The SMILES string of the molecule is Cc1csc(COC(=O)N2CCc3c(ccc(F)c3F)[C@H]2c2cc(Cl)ccc2OCC(=O)O)n1. The lowest BCUT2D eigenvalue weighted by Crippen LogP contribution is -2.41. The summed E-state index contributed by atoms with van der Waals surface area (Å²) in [5.74, 6) is -3.05. The molecule has 1 aromatic heterocycles. The summed E-state index contributed by atoms with van der Waals surface area (Å²) in [5.41, 5.74) is 1.57. The summed E-state index contributed by atoms with van der Waals surface area (Å²) in [6, 6.07) is 5.90. The van der Waals surface area contributed by atoms with Gasteiger partial charge < -0.3 is 14.6 Å². The summed E-state index contributed by atoms with van der Waals surface area (Å²) in [6.07, 6.45) is -0.635. The second-order valence-electron chi connectivity index (χ2n) is 7.58. The van der Waals surface area contributed by atoms with Crippen molar-refractivity contribution in [2.75, 3.05) is 13.2 Å². The molecular weight excluding hydrogens is 490 g/mol. The molecule has 3 aromatic rings. The number of halogens is 3. The van der Waals surface area contributed by atoms with E-state index in [-0.39, 0.29) is 30.9 Å². The van der Waals surface area contributed by atoms with Crippen molar-refractivity contribution >= 4 is 35.0 Å². The zero-order chi connectivity index (χ0) is 24.4. The molecule has 0 fully saturated rings. The molecule has 1 aliphatic heterocycles. The molecule has 1 aliphatic rings. The molecule has 0 aliphatic carbocycles. The zero-order valence-electron chi connectivity index (χ0n) is 17.9. The van der Waals surface area contributed by atoms with Crippen molar-refractivity contribution in [3.63, 3.8) is 0 Å². The van der Waals surface area contributed by atoms with E-state index < -0.39 is 36.3 Å². The van der Waals surface area contributed by atoms with E-state index in [1.54, 1.807) is 0 Å². The maximum Gasteiger partial charge on any atom is 0.410 e. The normalized spacial score (nSPS) is 15.1. The number of carbonyl (C=O) groups excluding carboxylic acids is 1. The first-order valence-corrected chi connectivity index (χ1v) is 11.5. The molecule has 1 amide bonds. The number of benzene rings is 2. The monoisotopic (exact) mass is 508 g/mol. The number of hydrogen-bond donors (Lipinski definition) is 1. The number of carboxylic acids is 1. The fraction of sp³-hybridized carbons (Fsp3) is 0.261. The predicted molar refractivity (Wildman–Crippen MR) is 120 cm³/mol. The van der Waals surface area contributed by atoms with Crippen LogP contribution in [-0.4, -0.2) is 40.2 Å². The van der Waals surface area contributed by atoms with Crippen LogP contribution in [0.15, 0.2) is 35.7 Å². The number of carbonyl (C=O) groups is 2. The number of carboxylic acid groups (broad SMARTS) is 1. The Hall–Kier alpha value is -3.24. The predicted octanol–water partition coefficient (Wildman–Crippen LogP) is 5.13. The molecule has 11 heteroatoms. The maximum absolute atomic E-state index is 14.7. The first-order valence-electron chi connectivity index (χ1n) is 10.2. The Bertz CT molecular complexity index is 1250. The van der Waals surface area contributed by atoms with Crippen molar-refractivity contribution in [1.82, 2.24) is 9.88 Å². The van der Waals surface area contributed by atoms with Gasteiger partial charge in [0.1, 0.15) is 17.4 Å². The van der Waals surface area contributed by atoms with Crippen molar-refractivity contribution in [1.29, 1.82) is 0 Å². The number of rotatable bonds is 6. The van der Waals surface area contributed by atoms with Crippen LogP contribution < -0.4 is 4.74 Å². The highest BCUT2D eigenvalue weighted by atomic mass is 35.5. The van der Waals surface area contributed by atoms with Gasteiger partial charge in [-0.15, -0.1) is 11.3 Å². The molecule has 34 heavy (non-hydrogen) atoms. The van der Waals surface area contributed by atoms with Gasteiger partial charge in [0.15, 0.2) is 18.2 Å². The van der Waals surface area contributed by atoms with Gasteiger partial charge >= 0.3 is 12.1 Å². The lowest BCUT2D eigenvalue weighted by Gasteiger charge is -2.37. The lowest BCUT2D eigenvalue weighted by atomic mass is 9.87. The first-order chi connectivity index (χ1) is 16.2. The fourth-order valence-corrected chi connectivity index (χ4v) is 4.72. The Balaban J connectivity index is 1.75. The highest BCUT2D eigenvalue weighted by Crippen LogP contribution is 2.42. The number of aliphatic carboxylic acids is 1. The molecule has 0 bridgehead atoms. The number of hydrogen-bond acceptors (Lipinski definition) is 6. The molecular formula is C23H19ClF2N2O5S. The van der Waals surface area contributed by atoms with Gasteiger partial charge in [0, 0.05) is 28.2 Å². The summed E-state index contributed by atoms with van der Waals surface area (Å²) < 4.78 is 39.5. The van der Waals surface area contributed by atoms with Gasteiger partial charge in [-0.3, -0.25) is 4.90 Å². The number of aryl methyl sites for hydroxylation is 1. The van der Waals surface area contributed by atoms with Gasteiger partial charge in [-0.1, -0.05) is 17.7 Å². The van der Waals surface area contributed by atoms with Crippen LogP contribution in [0.2, 0.25) is 5.02 Å². The first kappa shape index (κ1) is 23.9. The standard InChI is InChI=1S/C23H19ClF2N2O5S/c1-12-11-34-19(27-12)9-33-23(31)28-7-6-14-15(3-4-17(25)21(14)26)22(28)16-8-13(24)2-5-18(16)32-10-20(29)30/h2-5,8,11,22H,6-7,9-10H2,1H3,(H,29,30)/t22-/m0/s1. The van der Waals surface area contributed by atoms with Crippen molar-refractivity contribution in [2.45, 2.75) is 26.0 Å². The van der Waals surface area contributed by atoms with E-state index in [9.17, 15) is 18.4 Å². The molecule has 4 rings (SSSR count). The molecule has 0 saturated heterocycles. The summed E-state index contributed by atoms with van der Waals surface area (Å²) in [6.45, 7) is 1.16. The zero-order valence-corrected chi connectivity index (χ0v) is 19.5. The quantitative estimate of drug-likeness (QED) is 0.496. The smallest absolute Gasteiger partial charge is 0.410 e. The van der Waals surface area contributed by atoms with Crippen LogP contribution in [0.1, 0.15) is 33.4 Å². The molecule has 1 N–H and O–H groups in total. The van der Waals surface area contributed by atoms with Crippen LogP contribution in [0.4, 0.5) is 13.6 Å². The van der Waals surface area contributed by atoms with Gasteiger partial charge in [-0.2, -0.15) is 0 Å². The molecule has 1 atom stereocenters. The molecule has 0 radical (unpaired) electrons. The van der Waals surface area contributed by atoms with Crippen LogP contribution in [0.25, 0.3) is 0 Å². The van der Waals surface area contributed by atoms with Gasteiger partial charge in [0.2, 0.25) is 0 Å². The second kappa shape index (κ2) is 9.94. The Kier molecular flexibility index (Phi) is 6.99.